The van der Waals surface area contributed by atoms with Gasteiger partial charge in [-0.1, -0.05) is 12.8 Å². The Morgan fingerprint density at radius 1 is 1.17 bits per heavy atom. The van der Waals surface area contributed by atoms with Gasteiger partial charge in [-0.3, -0.25) is 9.36 Å². The zero-order valence-corrected chi connectivity index (χ0v) is 15.6. The average molecular weight is 346 g/mol. The van der Waals surface area contributed by atoms with E-state index in [2.05, 4.69) is 0 Å². The molecule has 0 aromatic carbocycles. The maximum Gasteiger partial charge on any atom is 0.313 e. The van der Waals surface area contributed by atoms with E-state index in [1.54, 1.807) is 44.2 Å². The van der Waals surface area contributed by atoms with Crippen LogP contribution in [0.3, 0.4) is 0 Å². The Labute approximate surface area is 138 Å². The molecule has 0 amide bonds. The molecule has 4 atom stereocenters. The molecule has 0 aromatic heterocycles. The van der Waals surface area contributed by atoms with Crippen LogP contribution >= 0.6 is 7.44 Å². The minimum atomic E-state index is -3.41. The maximum absolute atomic E-state index is 15.6. The van der Waals surface area contributed by atoms with Crippen LogP contribution in [0.5, 0.6) is 0 Å². The first-order chi connectivity index (χ1) is 10.5. The average Bonchev–Trinajstić information content (AvgIpc) is 3.12. The van der Waals surface area contributed by atoms with Gasteiger partial charge in [0.1, 0.15) is 11.5 Å². The molecule has 0 radical (unpaired) electrons. The summed E-state index contributed by atoms with van der Waals surface area (Å²) < 4.78 is 38.1. The summed E-state index contributed by atoms with van der Waals surface area (Å²) in [6.07, 6.45) is 4.08. The number of carbonyl (C=O) groups is 1. The molecule has 2 saturated carbocycles. The SMILES string of the molecule is CN1[C@@H]2CCCC[C@H]2N(C)P1(=O)[C@]1(F)C[C@@H]1C(=O)OC(C)(C)C. The molecule has 0 spiro atoms. The number of hydrogen-bond donors (Lipinski definition) is 0. The highest BCUT2D eigenvalue weighted by Gasteiger charge is 2.77. The Bertz CT molecular complexity index is 542. The van der Waals surface area contributed by atoms with E-state index < -0.39 is 30.3 Å². The lowest BCUT2D eigenvalue weighted by Gasteiger charge is -2.31. The highest BCUT2D eigenvalue weighted by atomic mass is 31.2. The molecule has 132 valence electrons. The largest absolute Gasteiger partial charge is 0.460 e. The topological polar surface area (TPSA) is 49.9 Å². The fraction of sp³-hybridized carbons (Fsp3) is 0.938. The van der Waals surface area contributed by atoms with E-state index in [4.69, 9.17) is 4.74 Å². The second kappa shape index (κ2) is 5.27. The first-order valence-electron chi connectivity index (χ1n) is 8.51. The van der Waals surface area contributed by atoms with Gasteiger partial charge in [-0.15, -0.1) is 0 Å². The van der Waals surface area contributed by atoms with Gasteiger partial charge >= 0.3 is 5.97 Å². The lowest BCUT2D eigenvalue weighted by molar-refractivity contribution is -0.157. The van der Waals surface area contributed by atoms with Crippen LogP contribution in [0, 0.1) is 5.92 Å². The second-order valence-corrected chi connectivity index (χ2v) is 11.3. The van der Waals surface area contributed by atoms with Crippen molar-refractivity contribution in [2.45, 2.75) is 76.0 Å². The standard InChI is InChI=1S/C16H28FN2O3P/c1-15(2,3)22-14(20)11-10-16(11,17)23(21)18(4)12-8-6-7-9-13(12)19(23)5/h11-13H,6-10H2,1-5H3/t11-,12-,13-,16-/m1/s1. The highest BCUT2D eigenvalue weighted by Crippen LogP contribution is 2.80. The third kappa shape index (κ3) is 2.49. The normalized spacial score (nSPS) is 40.7. The molecule has 1 heterocycles. The van der Waals surface area contributed by atoms with Crippen LogP contribution in [0.4, 0.5) is 4.39 Å². The Kier molecular flexibility index (Phi) is 3.98. The number of fused-ring (bicyclic) bond motifs is 1. The van der Waals surface area contributed by atoms with Gasteiger partial charge in [0.15, 0.2) is 0 Å². The third-order valence-electron chi connectivity index (χ3n) is 5.55. The van der Waals surface area contributed by atoms with Gasteiger partial charge in [-0.05, 0) is 47.7 Å². The third-order valence-corrected chi connectivity index (χ3v) is 9.32. The molecular weight excluding hydrogens is 318 g/mol. The van der Waals surface area contributed by atoms with Gasteiger partial charge < -0.3 is 4.74 Å². The highest BCUT2D eigenvalue weighted by molar-refractivity contribution is 7.61. The Balaban J connectivity index is 1.83. The van der Waals surface area contributed by atoms with Gasteiger partial charge in [0.05, 0.1) is 0 Å². The fourth-order valence-corrected chi connectivity index (χ4v) is 8.07. The number of esters is 1. The molecular formula is C16H28FN2O3P. The number of likely N-dealkylation sites (N-methyl/N-ethyl adjacent to an activating group) is 2. The number of halogens is 1. The summed E-state index contributed by atoms with van der Waals surface area (Å²) in [6.45, 7) is 5.28. The lowest BCUT2D eigenvalue weighted by Crippen LogP contribution is -2.37. The van der Waals surface area contributed by atoms with Crippen molar-refractivity contribution in [1.82, 2.24) is 9.34 Å². The van der Waals surface area contributed by atoms with Crippen molar-refractivity contribution in [2.24, 2.45) is 5.92 Å². The van der Waals surface area contributed by atoms with Crippen molar-refractivity contribution < 1.29 is 18.5 Å². The number of nitrogens with zero attached hydrogens (tertiary/aromatic N) is 2. The summed E-state index contributed by atoms with van der Waals surface area (Å²) in [4.78, 5) is 12.2. The summed E-state index contributed by atoms with van der Waals surface area (Å²) in [5.74, 6) is -1.47. The van der Waals surface area contributed by atoms with Gasteiger partial charge in [-0.25, -0.2) is 13.7 Å². The number of ether oxygens (including phenoxy) is 1. The van der Waals surface area contributed by atoms with Crippen molar-refractivity contribution in [1.29, 1.82) is 0 Å². The Morgan fingerprint density at radius 2 is 1.65 bits per heavy atom. The molecule has 0 bridgehead atoms. The van der Waals surface area contributed by atoms with Crippen molar-refractivity contribution in [3.05, 3.63) is 0 Å². The van der Waals surface area contributed by atoms with E-state index in [0.29, 0.717) is 0 Å². The smallest absolute Gasteiger partial charge is 0.313 e. The molecule has 0 unspecified atom stereocenters. The van der Waals surface area contributed by atoms with Crippen molar-refractivity contribution in [3.8, 4) is 0 Å². The van der Waals surface area contributed by atoms with Gasteiger partial charge in [0, 0.05) is 18.5 Å². The van der Waals surface area contributed by atoms with Crippen LogP contribution in [0.1, 0.15) is 52.9 Å². The van der Waals surface area contributed by atoms with Crippen LogP contribution in [-0.4, -0.2) is 52.5 Å². The minimum Gasteiger partial charge on any atom is -0.460 e. The summed E-state index contributed by atoms with van der Waals surface area (Å²) in [7, 11) is 0.119. The summed E-state index contributed by atoms with van der Waals surface area (Å²) >= 11 is 0. The van der Waals surface area contributed by atoms with Crippen LogP contribution in [0.15, 0.2) is 0 Å². The molecule has 5 nitrogen and oxygen atoms in total. The zero-order valence-electron chi connectivity index (χ0n) is 14.7. The quantitative estimate of drug-likeness (QED) is 0.567. The molecule has 7 heteroatoms. The zero-order chi connectivity index (χ0) is 17.2. The summed E-state index contributed by atoms with van der Waals surface area (Å²) in [6, 6.07) is 0.263. The number of alkyl halides is 1. The Morgan fingerprint density at radius 3 is 2.09 bits per heavy atom. The van der Waals surface area contributed by atoms with Crippen molar-refractivity contribution in [3.63, 3.8) is 0 Å². The van der Waals surface area contributed by atoms with Gasteiger partial charge in [-0.2, -0.15) is 0 Å². The molecule has 1 saturated heterocycles. The van der Waals surface area contributed by atoms with E-state index >= 15 is 4.39 Å². The molecule has 0 aromatic rings. The van der Waals surface area contributed by atoms with Gasteiger partial charge in [0.25, 0.3) is 7.44 Å². The number of rotatable bonds is 2. The van der Waals surface area contributed by atoms with Crippen molar-refractivity contribution in [2.75, 3.05) is 14.1 Å². The van der Waals surface area contributed by atoms with Crippen LogP contribution < -0.4 is 0 Å². The number of carbonyl (C=O) groups excluding carboxylic acids is 1. The first-order valence-corrected chi connectivity index (χ1v) is 10.1. The first kappa shape index (κ1) is 17.4. The summed E-state index contributed by atoms with van der Waals surface area (Å²) in [5, 5.41) is -1.96. The molecule has 3 fully saturated rings. The monoisotopic (exact) mass is 346 g/mol. The van der Waals surface area contributed by atoms with Crippen molar-refractivity contribution >= 4 is 13.4 Å². The molecule has 2 aliphatic carbocycles. The van der Waals surface area contributed by atoms with E-state index in [9.17, 15) is 9.36 Å². The van der Waals surface area contributed by atoms with E-state index in [1.165, 1.54) is 0 Å². The van der Waals surface area contributed by atoms with Crippen LogP contribution in [0.2, 0.25) is 0 Å². The fourth-order valence-electron chi connectivity index (χ4n) is 4.30. The predicted molar refractivity (Wildman–Crippen MR) is 87.0 cm³/mol. The molecule has 0 N–H and O–H groups in total. The molecule has 23 heavy (non-hydrogen) atoms. The molecule has 1 aliphatic heterocycles. The second-order valence-electron chi connectivity index (χ2n) is 8.22. The minimum absolute atomic E-state index is 0.00725. The lowest BCUT2D eigenvalue weighted by atomic mass is 9.91. The Hall–Kier alpha value is -0.450. The number of hydrogen-bond acceptors (Lipinski definition) is 3. The molecule has 3 aliphatic rings. The van der Waals surface area contributed by atoms with E-state index in [0.717, 1.165) is 25.7 Å². The molecule has 3 rings (SSSR count). The van der Waals surface area contributed by atoms with Gasteiger partial charge in [0.2, 0.25) is 5.41 Å². The van der Waals surface area contributed by atoms with E-state index in [-0.39, 0.29) is 18.5 Å². The van der Waals surface area contributed by atoms with E-state index in [1.807, 2.05) is 0 Å². The van der Waals surface area contributed by atoms with Crippen LogP contribution in [-0.2, 0) is 14.1 Å². The summed E-state index contributed by atoms with van der Waals surface area (Å²) in [5.41, 5.74) is -0.656. The maximum atomic E-state index is 15.6. The predicted octanol–water partition coefficient (Wildman–Crippen LogP) is 3.40. The van der Waals surface area contributed by atoms with Crippen LogP contribution in [0.25, 0.3) is 0 Å².